The summed E-state index contributed by atoms with van der Waals surface area (Å²) in [5, 5.41) is 0. The van der Waals surface area contributed by atoms with Gasteiger partial charge in [0.05, 0.1) is 0 Å². The Hall–Kier alpha value is -2.89. The Balaban J connectivity index is 4.06. The molecule has 0 amide bonds. The van der Waals surface area contributed by atoms with Crippen LogP contribution in [0.25, 0.3) is 0 Å². The van der Waals surface area contributed by atoms with Gasteiger partial charge in [0.1, 0.15) is 13.2 Å². The molecule has 0 aliphatic rings. The molecule has 0 aromatic heterocycles. The second-order valence-electron chi connectivity index (χ2n) is 24.1. The van der Waals surface area contributed by atoms with Crippen molar-refractivity contribution in [2.75, 3.05) is 13.2 Å². The SMILES string of the molecule is CC/C=C\C/C=C\C/C=C\C/C=C\CCCCCCCCCCCCCCCCCCCCCCCCC(=O)OCC(COC(=O)CCCCCCC/C=C\CCCCC)OC(=O)CCCCCCCCCCCCCCCCCC. The standard InChI is InChI=1S/C75H136O6/c1-4-7-10-13-16-19-22-25-27-29-30-31-32-33-34-35-36-37-38-39-40-41-42-43-44-45-46-47-49-50-53-56-59-62-65-68-74(77)80-71-72(70-79-73(76)67-64-61-58-55-52-24-21-18-15-12-9-6-3)81-75(78)69-66-63-60-57-54-51-48-28-26-23-20-17-14-11-8-5-2/h7,10,16,18-19,21,25,27,30-31,72H,4-6,8-9,11-15,17,20,22-24,26,28-29,32-71H2,1-3H3/b10-7-,19-16-,21-18-,27-25-,31-30-. The van der Waals surface area contributed by atoms with E-state index in [-0.39, 0.29) is 31.1 Å². The lowest BCUT2D eigenvalue weighted by Crippen LogP contribution is -2.30. The van der Waals surface area contributed by atoms with Crippen LogP contribution in [0, 0.1) is 0 Å². The van der Waals surface area contributed by atoms with Crippen molar-refractivity contribution in [3.8, 4) is 0 Å². The number of ether oxygens (including phenoxy) is 3. The minimum atomic E-state index is -0.773. The minimum absolute atomic E-state index is 0.0697. The summed E-state index contributed by atoms with van der Waals surface area (Å²) in [7, 11) is 0. The van der Waals surface area contributed by atoms with Crippen LogP contribution >= 0.6 is 0 Å². The average Bonchev–Trinajstić information content (AvgIpc) is 3.47. The Kier molecular flexibility index (Phi) is 67.1. The predicted molar refractivity (Wildman–Crippen MR) is 353 cm³/mol. The Morgan fingerprint density at radius 3 is 0.790 bits per heavy atom. The van der Waals surface area contributed by atoms with Crippen LogP contribution in [0.15, 0.2) is 60.8 Å². The van der Waals surface area contributed by atoms with E-state index in [4.69, 9.17) is 14.2 Å². The first-order chi connectivity index (χ1) is 40.0. The van der Waals surface area contributed by atoms with E-state index >= 15 is 0 Å². The number of hydrogen-bond acceptors (Lipinski definition) is 6. The molecule has 0 bridgehead atoms. The van der Waals surface area contributed by atoms with Crippen LogP contribution in [-0.4, -0.2) is 37.2 Å². The lowest BCUT2D eigenvalue weighted by Gasteiger charge is -2.18. The second-order valence-corrected chi connectivity index (χ2v) is 24.1. The van der Waals surface area contributed by atoms with E-state index in [1.165, 1.54) is 250 Å². The van der Waals surface area contributed by atoms with E-state index < -0.39 is 6.10 Å². The summed E-state index contributed by atoms with van der Waals surface area (Å²) >= 11 is 0. The molecular formula is C75H136O6. The fourth-order valence-corrected chi connectivity index (χ4v) is 10.7. The summed E-state index contributed by atoms with van der Waals surface area (Å²) in [5.74, 6) is -0.853. The largest absolute Gasteiger partial charge is 0.462 e. The Bertz CT molecular complexity index is 1440. The summed E-state index contributed by atoms with van der Waals surface area (Å²) in [6, 6.07) is 0. The summed E-state index contributed by atoms with van der Waals surface area (Å²) in [6.45, 7) is 6.56. The third-order valence-corrected chi connectivity index (χ3v) is 16.0. The quantitative estimate of drug-likeness (QED) is 0.0261. The topological polar surface area (TPSA) is 78.9 Å². The van der Waals surface area contributed by atoms with Gasteiger partial charge in [0.2, 0.25) is 0 Å². The molecule has 6 nitrogen and oxygen atoms in total. The van der Waals surface area contributed by atoms with Gasteiger partial charge in [-0.3, -0.25) is 14.4 Å². The highest BCUT2D eigenvalue weighted by Gasteiger charge is 2.19. The highest BCUT2D eigenvalue weighted by molar-refractivity contribution is 5.71. The van der Waals surface area contributed by atoms with Crippen molar-refractivity contribution in [2.45, 2.75) is 386 Å². The third kappa shape index (κ3) is 67.8. The van der Waals surface area contributed by atoms with Gasteiger partial charge in [-0.05, 0) is 83.5 Å². The molecule has 0 spiro atoms. The second kappa shape index (κ2) is 69.6. The van der Waals surface area contributed by atoms with Crippen molar-refractivity contribution in [2.24, 2.45) is 0 Å². The number of carbonyl (C=O) groups is 3. The fourth-order valence-electron chi connectivity index (χ4n) is 10.7. The molecule has 0 aliphatic carbocycles. The third-order valence-electron chi connectivity index (χ3n) is 16.0. The van der Waals surface area contributed by atoms with Crippen LogP contribution in [-0.2, 0) is 28.6 Å². The zero-order valence-electron chi connectivity index (χ0n) is 54.3. The lowest BCUT2D eigenvalue weighted by atomic mass is 10.0. The monoisotopic (exact) mass is 1130 g/mol. The van der Waals surface area contributed by atoms with Gasteiger partial charge < -0.3 is 14.2 Å². The van der Waals surface area contributed by atoms with Gasteiger partial charge in [0.25, 0.3) is 0 Å². The molecule has 0 fully saturated rings. The van der Waals surface area contributed by atoms with Crippen molar-refractivity contribution in [1.82, 2.24) is 0 Å². The first kappa shape index (κ1) is 78.1. The first-order valence-electron chi connectivity index (χ1n) is 35.8. The van der Waals surface area contributed by atoms with Crippen LogP contribution in [0.2, 0.25) is 0 Å². The molecule has 81 heavy (non-hydrogen) atoms. The molecule has 0 saturated carbocycles. The molecule has 0 aromatic rings. The number of unbranched alkanes of at least 4 members (excludes halogenated alkanes) is 45. The molecular weight excluding hydrogens is 997 g/mol. The van der Waals surface area contributed by atoms with Crippen LogP contribution in [0.5, 0.6) is 0 Å². The zero-order chi connectivity index (χ0) is 58.5. The average molecular weight is 1130 g/mol. The highest BCUT2D eigenvalue weighted by Crippen LogP contribution is 2.18. The van der Waals surface area contributed by atoms with E-state index in [1.54, 1.807) is 0 Å². The van der Waals surface area contributed by atoms with E-state index in [0.29, 0.717) is 19.3 Å². The predicted octanol–water partition coefficient (Wildman–Crippen LogP) is 24.7. The number of carbonyl (C=O) groups excluding carboxylic acids is 3. The Labute approximate surface area is 504 Å². The Morgan fingerprint density at radius 1 is 0.259 bits per heavy atom. The van der Waals surface area contributed by atoms with Gasteiger partial charge in [-0.1, -0.05) is 338 Å². The molecule has 472 valence electrons. The molecule has 0 saturated heterocycles. The molecule has 0 aromatic carbocycles. The van der Waals surface area contributed by atoms with E-state index in [1.807, 2.05) is 0 Å². The van der Waals surface area contributed by atoms with Gasteiger partial charge in [-0.25, -0.2) is 0 Å². The molecule has 6 heteroatoms. The maximum atomic E-state index is 12.9. The summed E-state index contributed by atoms with van der Waals surface area (Å²) < 4.78 is 17.0. The minimum Gasteiger partial charge on any atom is -0.462 e. The Morgan fingerprint density at radius 2 is 0.481 bits per heavy atom. The van der Waals surface area contributed by atoms with Crippen molar-refractivity contribution in [3.05, 3.63) is 60.8 Å². The number of esters is 3. The summed E-state index contributed by atoms with van der Waals surface area (Å²) in [5.41, 5.74) is 0. The number of hydrogen-bond donors (Lipinski definition) is 0. The van der Waals surface area contributed by atoms with Crippen molar-refractivity contribution in [3.63, 3.8) is 0 Å². The number of rotatable bonds is 66. The van der Waals surface area contributed by atoms with Gasteiger partial charge in [0.15, 0.2) is 6.10 Å². The molecule has 1 unspecified atom stereocenters. The lowest BCUT2D eigenvalue weighted by molar-refractivity contribution is -0.167. The molecule has 0 aliphatic heterocycles. The molecule has 1 atom stereocenters. The normalized spacial score (nSPS) is 12.4. The van der Waals surface area contributed by atoms with Crippen molar-refractivity contribution < 1.29 is 28.6 Å². The van der Waals surface area contributed by atoms with E-state index in [0.717, 1.165) is 89.9 Å². The smallest absolute Gasteiger partial charge is 0.306 e. The fraction of sp³-hybridized carbons (Fsp3) is 0.827. The maximum Gasteiger partial charge on any atom is 0.306 e. The van der Waals surface area contributed by atoms with Crippen LogP contribution < -0.4 is 0 Å². The van der Waals surface area contributed by atoms with Gasteiger partial charge >= 0.3 is 17.9 Å². The molecule has 0 radical (unpaired) electrons. The summed E-state index contributed by atoms with van der Waals surface area (Å²) in [6.07, 6.45) is 89.8. The van der Waals surface area contributed by atoms with Crippen LogP contribution in [0.4, 0.5) is 0 Å². The zero-order valence-corrected chi connectivity index (χ0v) is 54.3. The molecule has 0 N–H and O–H groups in total. The number of allylic oxidation sites excluding steroid dienone is 10. The van der Waals surface area contributed by atoms with E-state index in [9.17, 15) is 14.4 Å². The van der Waals surface area contributed by atoms with Gasteiger partial charge in [0, 0.05) is 19.3 Å². The van der Waals surface area contributed by atoms with Crippen LogP contribution in [0.3, 0.4) is 0 Å². The maximum absolute atomic E-state index is 12.9. The van der Waals surface area contributed by atoms with Crippen molar-refractivity contribution in [1.29, 1.82) is 0 Å². The molecule has 0 heterocycles. The van der Waals surface area contributed by atoms with Gasteiger partial charge in [-0.15, -0.1) is 0 Å². The first-order valence-corrected chi connectivity index (χ1v) is 35.8. The molecule has 0 rings (SSSR count). The van der Waals surface area contributed by atoms with Crippen molar-refractivity contribution >= 4 is 17.9 Å². The van der Waals surface area contributed by atoms with Crippen LogP contribution in [0.1, 0.15) is 380 Å². The van der Waals surface area contributed by atoms with E-state index in [2.05, 4.69) is 81.5 Å². The summed E-state index contributed by atoms with van der Waals surface area (Å²) in [4.78, 5) is 38.3. The highest BCUT2D eigenvalue weighted by atomic mass is 16.6. The van der Waals surface area contributed by atoms with Gasteiger partial charge in [-0.2, -0.15) is 0 Å².